The highest BCUT2D eigenvalue weighted by atomic mass is 16.5. The molecule has 3 rings (SSSR count). The Balaban J connectivity index is 2.30. The van der Waals surface area contributed by atoms with Crippen LogP contribution < -0.4 is 5.73 Å². The smallest absolute Gasteiger partial charge is 0.201 e. The molecule has 2 heterocycles. The average Bonchev–Trinajstić information content (AvgIpc) is 2.75. The van der Waals surface area contributed by atoms with Crippen LogP contribution in [0.2, 0.25) is 0 Å². The van der Waals surface area contributed by atoms with Crippen molar-refractivity contribution in [3.05, 3.63) is 30.5 Å². The molecule has 0 saturated heterocycles. The molecule has 1 unspecified atom stereocenters. The maximum absolute atomic E-state index is 6.02. The maximum atomic E-state index is 6.02. The minimum absolute atomic E-state index is 0.0756. The van der Waals surface area contributed by atoms with Gasteiger partial charge in [0.15, 0.2) is 0 Å². The summed E-state index contributed by atoms with van der Waals surface area (Å²) in [6.07, 6.45) is 1.84. The van der Waals surface area contributed by atoms with Crippen molar-refractivity contribution < 1.29 is 4.74 Å². The number of hydrogen-bond donors (Lipinski definition) is 1. The van der Waals surface area contributed by atoms with Gasteiger partial charge in [0, 0.05) is 12.5 Å². The second-order valence-corrected chi connectivity index (χ2v) is 4.64. The van der Waals surface area contributed by atoms with E-state index in [4.69, 9.17) is 10.5 Å². The lowest BCUT2D eigenvalue weighted by Gasteiger charge is -2.13. The number of rotatable bonds is 3. The van der Waals surface area contributed by atoms with Crippen LogP contribution in [0.3, 0.4) is 0 Å². The Morgan fingerprint density at radius 2 is 2.11 bits per heavy atom. The SMILES string of the molecule is COC(C)Cn1c(N)nc2cnc3ccccc3c21. The van der Waals surface area contributed by atoms with Gasteiger partial charge in [0.2, 0.25) is 5.95 Å². The molecule has 0 radical (unpaired) electrons. The Morgan fingerprint density at radius 1 is 1.32 bits per heavy atom. The lowest BCUT2D eigenvalue weighted by molar-refractivity contribution is 0.105. The van der Waals surface area contributed by atoms with Crippen LogP contribution in [0.1, 0.15) is 6.92 Å². The molecule has 0 fully saturated rings. The van der Waals surface area contributed by atoms with Gasteiger partial charge < -0.3 is 15.0 Å². The van der Waals surface area contributed by atoms with Crippen LogP contribution in [0.15, 0.2) is 30.5 Å². The Bertz CT molecular complexity index is 735. The number of imidazole rings is 1. The molecule has 1 atom stereocenters. The van der Waals surface area contributed by atoms with E-state index in [1.54, 1.807) is 13.3 Å². The molecular formula is C14H16N4O. The summed E-state index contributed by atoms with van der Waals surface area (Å²) in [7, 11) is 1.69. The predicted molar refractivity (Wildman–Crippen MR) is 75.9 cm³/mol. The number of pyridine rings is 1. The number of para-hydroxylation sites is 1. The summed E-state index contributed by atoms with van der Waals surface area (Å²) in [5, 5.41) is 1.06. The predicted octanol–water partition coefficient (Wildman–Crippen LogP) is 2.20. The van der Waals surface area contributed by atoms with Gasteiger partial charge in [-0.2, -0.15) is 0 Å². The van der Waals surface area contributed by atoms with Crippen molar-refractivity contribution in [1.29, 1.82) is 0 Å². The van der Waals surface area contributed by atoms with E-state index in [2.05, 4.69) is 9.97 Å². The van der Waals surface area contributed by atoms with E-state index in [9.17, 15) is 0 Å². The van der Waals surface area contributed by atoms with Crippen molar-refractivity contribution >= 4 is 27.9 Å². The fourth-order valence-corrected chi connectivity index (χ4v) is 2.30. The number of methoxy groups -OCH3 is 1. The summed E-state index contributed by atoms with van der Waals surface area (Å²) in [6, 6.07) is 8.00. The number of ether oxygens (including phenoxy) is 1. The average molecular weight is 256 g/mol. The molecule has 0 bridgehead atoms. The molecule has 0 saturated carbocycles. The van der Waals surface area contributed by atoms with Gasteiger partial charge >= 0.3 is 0 Å². The standard InChI is InChI=1S/C14H16N4O/c1-9(19-2)8-18-13-10-5-3-4-6-11(10)16-7-12(13)17-14(18)15/h3-7,9H,8H2,1-2H3,(H2,15,17). The molecule has 0 aliphatic heterocycles. The largest absolute Gasteiger partial charge is 0.380 e. The summed E-state index contributed by atoms with van der Waals surface area (Å²) in [6.45, 7) is 2.68. The Labute approximate surface area is 111 Å². The topological polar surface area (TPSA) is 66.0 Å². The minimum atomic E-state index is 0.0756. The summed E-state index contributed by atoms with van der Waals surface area (Å²) in [4.78, 5) is 8.77. The number of fused-ring (bicyclic) bond motifs is 3. The molecule has 1 aromatic carbocycles. The molecule has 0 spiro atoms. The zero-order valence-corrected chi connectivity index (χ0v) is 11.0. The van der Waals surface area contributed by atoms with Crippen molar-refractivity contribution in [2.75, 3.05) is 12.8 Å². The molecule has 5 heteroatoms. The third kappa shape index (κ3) is 1.92. The van der Waals surface area contributed by atoms with Crippen LogP contribution in [-0.2, 0) is 11.3 Å². The summed E-state index contributed by atoms with van der Waals surface area (Å²) < 4.78 is 7.31. The van der Waals surface area contributed by atoms with Gasteiger partial charge in [0.05, 0.1) is 29.9 Å². The van der Waals surface area contributed by atoms with Crippen molar-refractivity contribution in [3.8, 4) is 0 Å². The molecule has 2 aromatic heterocycles. The van der Waals surface area contributed by atoms with Crippen LogP contribution in [0.25, 0.3) is 21.9 Å². The Kier molecular flexibility index (Phi) is 2.83. The van der Waals surface area contributed by atoms with E-state index >= 15 is 0 Å². The second-order valence-electron chi connectivity index (χ2n) is 4.64. The van der Waals surface area contributed by atoms with Gasteiger partial charge in [-0.3, -0.25) is 4.98 Å². The molecule has 2 N–H and O–H groups in total. The third-order valence-corrected chi connectivity index (χ3v) is 3.35. The summed E-state index contributed by atoms with van der Waals surface area (Å²) in [5.74, 6) is 0.497. The molecule has 19 heavy (non-hydrogen) atoms. The first kappa shape index (κ1) is 11.9. The van der Waals surface area contributed by atoms with Crippen molar-refractivity contribution in [3.63, 3.8) is 0 Å². The molecule has 3 aromatic rings. The van der Waals surface area contributed by atoms with Gasteiger partial charge in [0.25, 0.3) is 0 Å². The number of benzene rings is 1. The number of nitrogens with zero attached hydrogens (tertiary/aromatic N) is 3. The second kappa shape index (κ2) is 4.51. The van der Waals surface area contributed by atoms with Crippen LogP contribution in [0, 0.1) is 0 Å². The first-order valence-corrected chi connectivity index (χ1v) is 6.23. The highest BCUT2D eigenvalue weighted by Crippen LogP contribution is 2.25. The first-order valence-electron chi connectivity index (χ1n) is 6.23. The first-order chi connectivity index (χ1) is 9.20. The number of anilines is 1. The maximum Gasteiger partial charge on any atom is 0.201 e. The van der Waals surface area contributed by atoms with Crippen molar-refractivity contribution in [2.24, 2.45) is 0 Å². The fourth-order valence-electron chi connectivity index (χ4n) is 2.30. The highest BCUT2D eigenvalue weighted by molar-refractivity contribution is 6.02. The van der Waals surface area contributed by atoms with Crippen molar-refractivity contribution in [2.45, 2.75) is 19.6 Å². The van der Waals surface area contributed by atoms with Gasteiger partial charge in [0.1, 0.15) is 5.52 Å². The Hall–Kier alpha value is -2.14. The lowest BCUT2D eigenvalue weighted by atomic mass is 10.2. The van der Waals surface area contributed by atoms with E-state index < -0.39 is 0 Å². The van der Waals surface area contributed by atoms with Crippen LogP contribution >= 0.6 is 0 Å². The minimum Gasteiger partial charge on any atom is -0.380 e. The Morgan fingerprint density at radius 3 is 2.89 bits per heavy atom. The number of nitrogens with two attached hydrogens (primary N) is 1. The van der Waals surface area contributed by atoms with Gasteiger partial charge in [-0.15, -0.1) is 0 Å². The summed E-state index contributed by atoms with van der Waals surface area (Å²) >= 11 is 0. The summed E-state index contributed by atoms with van der Waals surface area (Å²) in [5.41, 5.74) is 8.80. The van der Waals surface area contributed by atoms with E-state index in [1.807, 2.05) is 35.8 Å². The van der Waals surface area contributed by atoms with Gasteiger partial charge in [-0.25, -0.2) is 4.98 Å². The molecule has 0 aliphatic rings. The normalized spacial score (nSPS) is 13.2. The van der Waals surface area contributed by atoms with Crippen molar-refractivity contribution in [1.82, 2.24) is 14.5 Å². The number of hydrogen-bond acceptors (Lipinski definition) is 4. The number of aromatic nitrogens is 3. The zero-order chi connectivity index (χ0) is 13.4. The highest BCUT2D eigenvalue weighted by Gasteiger charge is 2.14. The van der Waals surface area contributed by atoms with E-state index in [-0.39, 0.29) is 6.10 Å². The molecule has 0 aliphatic carbocycles. The number of nitrogen functional groups attached to an aromatic ring is 1. The molecular weight excluding hydrogens is 240 g/mol. The van der Waals surface area contributed by atoms with Crippen LogP contribution in [-0.4, -0.2) is 27.7 Å². The van der Waals surface area contributed by atoms with Crippen LogP contribution in [0.5, 0.6) is 0 Å². The molecule has 0 amide bonds. The van der Waals surface area contributed by atoms with Crippen LogP contribution in [0.4, 0.5) is 5.95 Å². The molecule has 5 nitrogen and oxygen atoms in total. The lowest BCUT2D eigenvalue weighted by Crippen LogP contribution is -2.16. The third-order valence-electron chi connectivity index (χ3n) is 3.35. The van der Waals surface area contributed by atoms with E-state index in [0.717, 1.165) is 21.9 Å². The van der Waals surface area contributed by atoms with Gasteiger partial charge in [-0.1, -0.05) is 18.2 Å². The zero-order valence-electron chi connectivity index (χ0n) is 11.0. The monoisotopic (exact) mass is 256 g/mol. The fraction of sp³-hybridized carbons (Fsp3) is 0.286. The van der Waals surface area contributed by atoms with E-state index in [0.29, 0.717) is 12.5 Å². The molecule has 98 valence electrons. The quantitative estimate of drug-likeness (QED) is 0.780. The van der Waals surface area contributed by atoms with Gasteiger partial charge in [-0.05, 0) is 13.0 Å². The van der Waals surface area contributed by atoms with E-state index in [1.165, 1.54) is 0 Å².